The summed E-state index contributed by atoms with van der Waals surface area (Å²) in [5, 5.41) is 5.52. The molecule has 64 heavy (non-hydrogen) atoms. The smallest absolute Gasteiger partial charge is 0.416 e. The van der Waals surface area contributed by atoms with E-state index < -0.39 is 23.5 Å². The summed E-state index contributed by atoms with van der Waals surface area (Å²) in [6.45, 7) is 5.77. The lowest BCUT2D eigenvalue weighted by atomic mass is 10.0. The second kappa shape index (κ2) is 24.7. The van der Waals surface area contributed by atoms with Crippen LogP contribution in [0, 0.1) is 0 Å². The molecular weight excluding hydrogens is 949 g/mol. The van der Waals surface area contributed by atoms with Crippen LogP contribution in [0.1, 0.15) is 70.2 Å². The van der Waals surface area contributed by atoms with Crippen LogP contribution >= 0.6 is 0 Å². The molecule has 4 aromatic carbocycles. The summed E-state index contributed by atoms with van der Waals surface area (Å²) < 4.78 is 88.4. The van der Waals surface area contributed by atoms with Gasteiger partial charge < -0.3 is 48.6 Å². The summed E-state index contributed by atoms with van der Waals surface area (Å²) >= 11 is 0. The minimum absolute atomic E-state index is 0. The van der Waals surface area contributed by atoms with Crippen molar-refractivity contribution in [1.29, 1.82) is 0 Å². The van der Waals surface area contributed by atoms with Gasteiger partial charge in [0.1, 0.15) is 6.54 Å². The normalized spacial score (nSPS) is 15.4. The number of quaternary nitrogens is 1. The maximum atomic E-state index is 12.8. The molecule has 4 aromatic rings. The van der Waals surface area contributed by atoms with E-state index in [4.69, 9.17) is 9.47 Å². The quantitative estimate of drug-likeness (QED) is 0.0659. The van der Waals surface area contributed by atoms with Gasteiger partial charge in [0, 0.05) is 69.4 Å². The van der Waals surface area contributed by atoms with E-state index in [-0.39, 0.29) is 35.8 Å². The van der Waals surface area contributed by atoms with Crippen LogP contribution in [-0.2, 0) is 57.6 Å². The van der Waals surface area contributed by atoms with E-state index in [1.165, 1.54) is 59.7 Å². The maximum absolute atomic E-state index is 12.8. The highest BCUT2D eigenvalue weighted by Crippen LogP contribution is 2.31. The second-order valence-corrected chi connectivity index (χ2v) is 16.5. The molecule has 0 unspecified atom stereocenters. The van der Waals surface area contributed by atoms with Gasteiger partial charge in [0.25, 0.3) is 0 Å². The van der Waals surface area contributed by atoms with Gasteiger partial charge in [-0.15, -0.1) is 0 Å². The minimum Gasteiger partial charge on any atom is -1.00 e. The lowest BCUT2D eigenvalue weighted by molar-refractivity contribution is -0.929. The summed E-state index contributed by atoms with van der Waals surface area (Å²) in [6.07, 6.45) is 0.683. The Labute approximate surface area is 389 Å². The van der Waals surface area contributed by atoms with Gasteiger partial charge in [0.2, 0.25) is 11.8 Å². The molecule has 0 atom stereocenters. The highest BCUT2D eigenvalue weighted by Gasteiger charge is 2.32. The first kappa shape index (κ1) is 52.1. The Kier molecular flexibility index (Phi) is 20.1. The summed E-state index contributed by atoms with van der Waals surface area (Å²) in [4.78, 5) is 26.4. The van der Waals surface area contributed by atoms with Crippen molar-refractivity contribution in [3.05, 3.63) is 154 Å². The number of halogens is 7. The maximum Gasteiger partial charge on any atom is 0.416 e. The molecule has 15 heteroatoms. The summed E-state index contributed by atoms with van der Waals surface area (Å²) in [7, 11) is 6.63. The van der Waals surface area contributed by atoms with E-state index in [0.717, 1.165) is 105 Å². The highest BCUT2D eigenvalue weighted by molar-refractivity contribution is 5.92. The van der Waals surface area contributed by atoms with Crippen LogP contribution in [-0.4, -0.2) is 80.9 Å². The third-order valence-corrected chi connectivity index (χ3v) is 11.3. The number of rotatable bonds is 14. The zero-order valence-corrected chi connectivity index (χ0v) is 38.5. The van der Waals surface area contributed by atoms with Crippen LogP contribution in [0.15, 0.2) is 109 Å². The largest absolute Gasteiger partial charge is 1.00 e. The van der Waals surface area contributed by atoms with Crippen molar-refractivity contribution in [3.63, 3.8) is 0 Å². The molecule has 0 bridgehead atoms. The van der Waals surface area contributed by atoms with E-state index in [2.05, 4.69) is 60.9 Å². The van der Waals surface area contributed by atoms with Crippen molar-refractivity contribution >= 4 is 24.0 Å². The van der Waals surface area contributed by atoms with Gasteiger partial charge in [-0.1, -0.05) is 72.8 Å². The number of amides is 2. The van der Waals surface area contributed by atoms with Crippen molar-refractivity contribution in [3.8, 4) is 0 Å². The van der Waals surface area contributed by atoms with Gasteiger partial charge in [0.15, 0.2) is 0 Å². The molecule has 6 rings (SSSR count). The van der Waals surface area contributed by atoms with Gasteiger partial charge in [-0.3, -0.25) is 14.5 Å². The number of benzene rings is 4. The Morgan fingerprint density at radius 1 is 0.641 bits per heavy atom. The zero-order valence-electron chi connectivity index (χ0n) is 36.4. The monoisotopic (exact) mass is 1010 g/mol. The van der Waals surface area contributed by atoms with Crippen LogP contribution in [0.3, 0.4) is 0 Å². The molecule has 8 nitrogen and oxygen atoms in total. The molecular formula is C49H57F6IN4O4. The Morgan fingerprint density at radius 2 is 1.05 bits per heavy atom. The van der Waals surface area contributed by atoms with Crippen molar-refractivity contribution < 1.29 is 73.9 Å². The zero-order chi connectivity index (χ0) is 45.5. The Morgan fingerprint density at radius 3 is 1.48 bits per heavy atom. The number of nitrogens with one attached hydrogen (secondary N) is 2. The van der Waals surface area contributed by atoms with Crippen LogP contribution in [0.5, 0.6) is 0 Å². The molecule has 2 amide bonds. The van der Waals surface area contributed by atoms with Crippen LogP contribution < -0.4 is 34.6 Å². The first-order chi connectivity index (χ1) is 29.9. The van der Waals surface area contributed by atoms with Gasteiger partial charge >= 0.3 is 12.4 Å². The first-order valence-electron chi connectivity index (χ1n) is 21.0. The molecule has 346 valence electrons. The standard InChI is InChI=1S/C25H29F3N2O2.C24H27F3N2O2.HI/c1-30(2,23-12-14-32-15-13-23)18-21-8-6-20(7-9-21)17-29-24(31)11-10-19-4-3-5-22(16-19)25(26,27)28;1-29(22-11-13-31-14-12-22)17-20-7-5-19(6-8-20)16-28-23(30)10-9-18-3-2-4-21(15-18)24(25,26)27;/h3-11,16,23H,12-15,17-18H2,1-2H3;2-10,15,22H,11-14,16-17H2,1H3,(H,28,30);1H/b11-10+;10-9+;. The molecule has 2 aliphatic heterocycles. The van der Waals surface area contributed by atoms with E-state index in [1.54, 1.807) is 0 Å². The number of alkyl halides is 6. The summed E-state index contributed by atoms with van der Waals surface area (Å²) in [6, 6.07) is 27.1. The fourth-order valence-corrected chi connectivity index (χ4v) is 7.53. The molecule has 0 aromatic heterocycles. The number of ether oxygens (including phenoxy) is 2. The van der Waals surface area contributed by atoms with E-state index in [1.807, 2.05) is 24.3 Å². The lowest BCUT2D eigenvalue weighted by Gasteiger charge is -2.40. The molecule has 2 heterocycles. The fourth-order valence-electron chi connectivity index (χ4n) is 7.53. The predicted octanol–water partition coefficient (Wildman–Crippen LogP) is 6.44. The van der Waals surface area contributed by atoms with Crippen LogP contribution in [0.25, 0.3) is 12.2 Å². The van der Waals surface area contributed by atoms with Gasteiger partial charge in [-0.25, -0.2) is 0 Å². The molecule has 0 radical (unpaired) electrons. The average molecular weight is 1010 g/mol. The molecule has 2 fully saturated rings. The molecule has 0 spiro atoms. The third-order valence-electron chi connectivity index (χ3n) is 11.3. The highest BCUT2D eigenvalue weighted by atomic mass is 127. The predicted molar refractivity (Wildman–Crippen MR) is 232 cm³/mol. The van der Waals surface area contributed by atoms with E-state index >= 15 is 0 Å². The molecule has 2 saturated heterocycles. The van der Waals surface area contributed by atoms with E-state index in [0.29, 0.717) is 36.3 Å². The Balaban J connectivity index is 0.000000276. The van der Waals surface area contributed by atoms with Crippen molar-refractivity contribution in [1.82, 2.24) is 15.5 Å². The summed E-state index contributed by atoms with van der Waals surface area (Å²) in [5.41, 5.74) is 3.53. The third kappa shape index (κ3) is 17.4. The fraction of sp³-hybridized carbons (Fsp3) is 0.388. The number of hydrogen-bond donors (Lipinski definition) is 2. The molecule has 2 N–H and O–H groups in total. The van der Waals surface area contributed by atoms with E-state index in [9.17, 15) is 35.9 Å². The topological polar surface area (TPSA) is 79.9 Å². The second-order valence-electron chi connectivity index (χ2n) is 16.5. The van der Waals surface area contributed by atoms with Gasteiger partial charge in [-0.05, 0) is 84.1 Å². The van der Waals surface area contributed by atoms with Crippen molar-refractivity contribution in [2.24, 2.45) is 0 Å². The van der Waals surface area contributed by atoms with Gasteiger partial charge in [0.05, 0.1) is 44.5 Å². The van der Waals surface area contributed by atoms with Crippen molar-refractivity contribution in [2.45, 2.75) is 76.3 Å². The molecule has 0 saturated carbocycles. The Hall–Kier alpha value is -4.55. The minimum atomic E-state index is -4.41. The number of hydrogen-bond acceptors (Lipinski definition) is 5. The number of carbonyl (C=O) groups excluding carboxylic acids is 2. The van der Waals surface area contributed by atoms with Crippen molar-refractivity contribution in [2.75, 3.05) is 47.6 Å². The number of carbonyl (C=O) groups is 2. The molecule has 0 aliphatic carbocycles. The SMILES string of the molecule is CN(Cc1ccc(CNC(=O)/C=C/c2cccc(C(F)(F)F)c2)cc1)C1CCOCC1.C[N+](C)(Cc1ccc(CNC(=O)/C=C/c2cccc(C(F)(F)F)c2)cc1)C1CCOCC1.[I-]. The Bertz CT molecular complexity index is 2130. The van der Waals surface area contributed by atoms with Crippen LogP contribution in [0.2, 0.25) is 0 Å². The lowest BCUT2D eigenvalue weighted by Crippen LogP contribution is -3.00. The first-order valence-corrected chi connectivity index (χ1v) is 21.0. The van der Waals surface area contributed by atoms with Crippen LogP contribution in [0.4, 0.5) is 26.3 Å². The summed E-state index contributed by atoms with van der Waals surface area (Å²) in [5.74, 6) is -0.718. The van der Waals surface area contributed by atoms with Gasteiger partial charge in [-0.2, -0.15) is 26.3 Å². The average Bonchev–Trinajstić information content (AvgIpc) is 3.27. The molecule has 2 aliphatic rings. The number of nitrogens with zero attached hydrogens (tertiary/aromatic N) is 2.